The Morgan fingerprint density at radius 3 is 1.59 bits per heavy atom. The molecule has 1 aliphatic rings. The molecule has 0 bridgehead atoms. The van der Waals surface area contributed by atoms with Crippen LogP contribution in [0.4, 0.5) is 0 Å². The smallest absolute Gasteiger partial charge is 0.164 e. The Labute approximate surface area is 369 Å². The maximum atomic E-state index is 6.83. The van der Waals surface area contributed by atoms with Gasteiger partial charge < -0.3 is 4.42 Å². The zero-order valence-electron chi connectivity index (χ0n) is 34.7. The zero-order valence-corrected chi connectivity index (χ0v) is 34.7. The predicted octanol–water partition coefficient (Wildman–Crippen LogP) is 15.7. The van der Waals surface area contributed by atoms with Gasteiger partial charge in [0.15, 0.2) is 17.5 Å². The topological polar surface area (TPSA) is 51.8 Å². The van der Waals surface area contributed by atoms with E-state index in [0.29, 0.717) is 17.5 Å². The number of hydrogen-bond donors (Lipinski definition) is 0. The van der Waals surface area contributed by atoms with Gasteiger partial charge in [-0.25, -0.2) is 15.0 Å². The number of fused-ring (bicyclic) bond motifs is 9. The summed E-state index contributed by atoms with van der Waals surface area (Å²) in [5.41, 5.74) is 13.4. The number of rotatable bonds is 5. The number of benzene rings is 10. The molecule has 1 aliphatic carbocycles. The Morgan fingerprint density at radius 2 is 0.844 bits per heavy atom. The van der Waals surface area contributed by atoms with E-state index < -0.39 is 0 Å². The molecule has 13 rings (SSSR count). The lowest BCUT2D eigenvalue weighted by Gasteiger charge is -2.32. The highest BCUT2D eigenvalue weighted by Crippen LogP contribution is 2.52. The van der Waals surface area contributed by atoms with Crippen molar-refractivity contribution in [2.24, 2.45) is 0 Å². The second-order valence-corrected chi connectivity index (χ2v) is 16.8. The summed E-state index contributed by atoms with van der Waals surface area (Å²) in [5, 5.41) is 9.00. The molecule has 1 unspecified atom stereocenters. The zero-order chi connectivity index (χ0) is 42.3. The molecule has 1 atom stereocenters. The normalized spacial score (nSPS) is 13.5. The highest BCUT2D eigenvalue weighted by Gasteiger charge is 2.33. The molecule has 0 N–H and O–H groups in total. The van der Waals surface area contributed by atoms with Crippen molar-refractivity contribution < 1.29 is 4.42 Å². The molecular weight excluding hydrogens is 779 g/mol. The largest absolute Gasteiger partial charge is 0.456 e. The molecule has 4 nitrogen and oxygen atoms in total. The fourth-order valence-electron chi connectivity index (χ4n) is 9.90. The third-order valence-corrected chi connectivity index (χ3v) is 13.1. The van der Waals surface area contributed by atoms with Crippen molar-refractivity contribution in [2.75, 3.05) is 0 Å². The molecule has 0 aliphatic heterocycles. The van der Waals surface area contributed by atoms with Crippen LogP contribution >= 0.6 is 0 Å². The third kappa shape index (κ3) is 5.88. The molecular formula is C60H37N3O. The first-order valence-corrected chi connectivity index (χ1v) is 21.7. The monoisotopic (exact) mass is 815 g/mol. The molecule has 2 heterocycles. The van der Waals surface area contributed by atoms with E-state index in [1.165, 1.54) is 27.5 Å². The molecule has 0 fully saturated rings. The summed E-state index contributed by atoms with van der Waals surface area (Å²) in [6, 6.07) is 73.1. The van der Waals surface area contributed by atoms with E-state index in [2.05, 4.69) is 200 Å². The van der Waals surface area contributed by atoms with Crippen LogP contribution in [0.5, 0.6) is 0 Å². The number of allylic oxidation sites excluding steroid dienone is 1. The van der Waals surface area contributed by atoms with E-state index in [1.807, 2.05) is 6.07 Å². The molecule has 64 heavy (non-hydrogen) atoms. The van der Waals surface area contributed by atoms with Gasteiger partial charge in [-0.2, -0.15) is 0 Å². The minimum atomic E-state index is -0.231. The predicted molar refractivity (Wildman–Crippen MR) is 264 cm³/mol. The first-order chi connectivity index (χ1) is 31.6. The number of furan rings is 1. The molecule has 0 saturated heterocycles. The number of hydrogen-bond acceptors (Lipinski definition) is 4. The Balaban J connectivity index is 1.09. The molecule has 2 aromatic heterocycles. The molecule has 4 heteroatoms. The van der Waals surface area contributed by atoms with Gasteiger partial charge in [0.2, 0.25) is 0 Å². The Kier molecular flexibility index (Phi) is 8.09. The third-order valence-electron chi connectivity index (χ3n) is 13.1. The van der Waals surface area contributed by atoms with Crippen molar-refractivity contribution in [1.29, 1.82) is 0 Å². The molecule has 0 spiro atoms. The average molecular weight is 816 g/mol. The van der Waals surface area contributed by atoms with E-state index in [-0.39, 0.29) is 5.92 Å². The van der Waals surface area contributed by atoms with Gasteiger partial charge in [-0.3, -0.25) is 0 Å². The van der Waals surface area contributed by atoms with E-state index in [1.54, 1.807) is 0 Å². The van der Waals surface area contributed by atoms with Gasteiger partial charge in [0.05, 0.1) is 0 Å². The van der Waals surface area contributed by atoms with Crippen LogP contribution in [0.1, 0.15) is 22.6 Å². The van der Waals surface area contributed by atoms with Crippen LogP contribution in [0.25, 0.3) is 116 Å². The lowest BCUT2D eigenvalue weighted by atomic mass is 9.71. The first-order valence-electron chi connectivity index (χ1n) is 21.7. The summed E-state index contributed by atoms with van der Waals surface area (Å²) in [4.78, 5) is 16.1. The maximum Gasteiger partial charge on any atom is 0.164 e. The number of nitrogens with zero attached hydrogens (tertiary/aromatic N) is 3. The van der Waals surface area contributed by atoms with Crippen molar-refractivity contribution >= 4 is 59.8 Å². The highest BCUT2D eigenvalue weighted by molar-refractivity contribution is 6.12. The van der Waals surface area contributed by atoms with Crippen LogP contribution in [0.15, 0.2) is 217 Å². The maximum absolute atomic E-state index is 6.83. The molecule has 0 radical (unpaired) electrons. The molecule has 0 saturated carbocycles. The fraction of sp³-hybridized carbons (Fsp3) is 0.0167. The van der Waals surface area contributed by atoms with Crippen LogP contribution in [0.3, 0.4) is 0 Å². The van der Waals surface area contributed by atoms with Gasteiger partial charge in [0, 0.05) is 33.4 Å². The Bertz CT molecular complexity index is 3870. The molecule has 298 valence electrons. The Hall–Kier alpha value is -8.47. The van der Waals surface area contributed by atoms with Gasteiger partial charge in [-0.05, 0) is 119 Å². The second-order valence-electron chi connectivity index (χ2n) is 16.8. The van der Waals surface area contributed by atoms with Crippen LogP contribution in [-0.2, 0) is 0 Å². The summed E-state index contributed by atoms with van der Waals surface area (Å²) < 4.78 is 6.83. The first kappa shape index (κ1) is 36.2. The summed E-state index contributed by atoms with van der Waals surface area (Å²) in [7, 11) is 0. The van der Waals surface area contributed by atoms with Crippen molar-refractivity contribution in [1.82, 2.24) is 15.0 Å². The summed E-state index contributed by atoms with van der Waals surface area (Å²) in [5.74, 6) is 1.56. The molecule has 10 aromatic carbocycles. The van der Waals surface area contributed by atoms with E-state index >= 15 is 0 Å². The minimum Gasteiger partial charge on any atom is -0.456 e. The van der Waals surface area contributed by atoms with Gasteiger partial charge in [0.1, 0.15) is 11.2 Å². The van der Waals surface area contributed by atoms with Gasteiger partial charge in [-0.1, -0.05) is 170 Å². The van der Waals surface area contributed by atoms with Gasteiger partial charge in [-0.15, -0.1) is 0 Å². The van der Waals surface area contributed by atoms with Crippen molar-refractivity contribution in [3.63, 3.8) is 0 Å². The van der Waals surface area contributed by atoms with Crippen molar-refractivity contribution in [3.8, 4) is 56.4 Å². The summed E-state index contributed by atoms with van der Waals surface area (Å²) >= 11 is 0. The lowest BCUT2D eigenvalue weighted by Crippen LogP contribution is -2.13. The molecule has 0 amide bonds. The summed E-state index contributed by atoms with van der Waals surface area (Å²) in [6.45, 7) is 4.92. The summed E-state index contributed by atoms with van der Waals surface area (Å²) in [6.07, 6.45) is 0. The van der Waals surface area contributed by atoms with Gasteiger partial charge in [0.25, 0.3) is 0 Å². The van der Waals surface area contributed by atoms with Crippen LogP contribution in [-0.4, -0.2) is 15.0 Å². The second kappa shape index (κ2) is 14.3. The van der Waals surface area contributed by atoms with E-state index in [9.17, 15) is 0 Å². The quantitative estimate of drug-likeness (QED) is 0.174. The fourth-order valence-corrected chi connectivity index (χ4v) is 9.90. The standard InChI is InChI=1S/C60H37N3O/c1-36-49-30-42-17-7-8-18-43(42)31-50(49)47-21-11-12-22-48(47)57(36)53-35-56-52(51-32-44-19-9-10-20-45(44)33-55(51)64-56)34-54(53)60-62-58(40-26-23-39(24-27-40)37-13-3-2-4-14-37)61-59(63-60)46-28-25-38-15-5-6-16-41(38)29-46/h2-35,57H,1H2. The van der Waals surface area contributed by atoms with Crippen molar-refractivity contribution in [2.45, 2.75) is 5.92 Å². The van der Waals surface area contributed by atoms with E-state index in [4.69, 9.17) is 25.9 Å². The van der Waals surface area contributed by atoms with Gasteiger partial charge >= 0.3 is 0 Å². The van der Waals surface area contributed by atoms with Crippen LogP contribution in [0, 0.1) is 0 Å². The molecule has 12 aromatic rings. The van der Waals surface area contributed by atoms with Crippen molar-refractivity contribution in [3.05, 3.63) is 230 Å². The number of aromatic nitrogens is 3. The minimum absolute atomic E-state index is 0.231. The average Bonchev–Trinajstić information content (AvgIpc) is 3.71. The highest BCUT2D eigenvalue weighted by atomic mass is 16.3. The SMILES string of the molecule is C=C1c2cc3ccccc3cc2-c2ccccc2C1c1cc2oc3cc4ccccc4cc3c2cc1-c1nc(-c2ccc(-c3ccccc3)cc2)nc(-c2ccc3ccccc3c2)n1. The lowest BCUT2D eigenvalue weighted by molar-refractivity contribution is 0.668. The van der Waals surface area contributed by atoms with Crippen LogP contribution < -0.4 is 0 Å². The Morgan fingerprint density at radius 1 is 0.328 bits per heavy atom. The van der Waals surface area contributed by atoms with E-state index in [0.717, 1.165) is 88.0 Å². The van der Waals surface area contributed by atoms with Crippen LogP contribution in [0.2, 0.25) is 0 Å².